The summed E-state index contributed by atoms with van der Waals surface area (Å²) in [7, 11) is 0. The Hall–Kier alpha value is -2.15. The molecule has 21 heavy (non-hydrogen) atoms. The Morgan fingerprint density at radius 2 is 2.05 bits per heavy atom. The Morgan fingerprint density at radius 3 is 2.52 bits per heavy atom. The number of amides is 1. The molecule has 0 aliphatic carbocycles. The Bertz CT molecular complexity index is 680. The number of carboxylic acid groups (broad SMARTS) is 1. The molecule has 0 aliphatic rings. The molecule has 1 amide bonds. The van der Waals surface area contributed by atoms with Crippen molar-refractivity contribution in [2.45, 2.75) is 33.2 Å². The molecule has 2 rings (SSSR count). The van der Waals surface area contributed by atoms with Crippen LogP contribution in [0.1, 0.15) is 50.3 Å². The van der Waals surface area contributed by atoms with Crippen molar-refractivity contribution in [2.75, 3.05) is 0 Å². The fraction of sp³-hybridized carbons (Fsp3) is 0.357. The third-order valence-electron chi connectivity index (χ3n) is 3.06. The Morgan fingerprint density at radius 1 is 1.38 bits per heavy atom. The molecule has 0 fully saturated rings. The fourth-order valence-electron chi connectivity index (χ4n) is 1.71. The third kappa shape index (κ3) is 3.13. The number of rotatable bonds is 4. The molecule has 6 nitrogen and oxygen atoms in total. The van der Waals surface area contributed by atoms with E-state index >= 15 is 0 Å². The lowest BCUT2D eigenvalue weighted by Crippen LogP contribution is -2.40. The summed E-state index contributed by atoms with van der Waals surface area (Å²) in [5, 5.41) is 12.4. The number of carboxylic acids is 1. The van der Waals surface area contributed by atoms with E-state index in [2.05, 4.69) is 10.3 Å². The lowest BCUT2D eigenvalue weighted by Gasteiger charge is -2.23. The van der Waals surface area contributed by atoms with Crippen molar-refractivity contribution in [3.05, 3.63) is 39.2 Å². The van der Waals surface area contributed by atoms with Crippen molar-refractivity contribution < 1.29 is 19.1 Å². The summed E-state index contributed by atoms with van der Waals surface area (Å²) < 4.78 is 4.99. The number of thiazole rings is 1. The first-order valence-corrected chi connectivity index (χ1v) is 7.11. The van der Waals surface area contributed by atoms with Gasteiger partial charge in [0.05, 0.1) is 16.8 Å². The number of nitrogens with zero attached hydrogens (tertiary/aromatic N) is 1. The van der Waals surface area contributed by atoms with Crippen LogP contribution in [0.4, 0.5) is 0 Å². The SMILES string of the molecule is Cc1nc(C(C)(C)NC(=O)c2cc(C(=O)O)co2)sc1C. The van der Waals surface area contributed by atoms with Gasteiger partial charge in [0.2, 0.25) is 0 Å². The lowest BCUT2D eigenvalue weighted by atomic mass is 10.1. The van der Waals surface area contributed by atoms with Crippen LogP contribution in [0, 0.1) is 13.8 Å². The first-order valence-electron chi connectivity index (χ1n) is 6.29. The second-order valence-electron chi connectivity index (χ2n) is 5.24. The second-order valence-corrected chi connectivity index (χ2v) is 6.45. The molecular formula is C14H16N2O4S. The molecule has 0 saturated heterocycles. The van der Waals surface area contributed by atoms with E-state index in [1.165, 1.54) is 17.4 Å². The summed E-state index contributed by atoms with van der Waals surface area (Å²) in [6, 6.07) is 1.20. The van der Waals surface area contributed by atoms with E-state index in [0.29, 0.717) is 0 Å². The maximum absolute atomic E-state index is 12.1. The highest BCUT2D eigenvalue weighted by Crippen LogP contribution is 2.27. The number of furan rings is 1. The third-order valence-corrected chi connectivity index (χ3v) is 4.46. The molecule has 0 spiro atoms. The average Bonchev–Trinajstić information content (AvgIpc) is 2.97. The lowest BCUT2D eigenvalue weighted by molar-refractivity contribution is 0.0695. The van der Waals surface area contributed by atoms with E-state index in [9.17, 15) is 9.59 Å². The summed E-state index contributed by atoms with van der Waals surface area (Å²) in [5.41, 5.74) is 0.208. The zero-order valence-corrected chi connectivity index (χ0v) is 13.0. The van der Waals surface area contributed by atoms with Crippen LogP contribution in [0.15, 0.2) is 16.7 Å². The van der Waals surface area contributed by atoms with Crippen LogP contribution in [-0.2, 0) is 5.54 Å². The number of hydrogen-bond donors (Lipinski definition) is 2. The van der Waals surface area contributed by atoms with Gasteiger partial charge in [0.25, 0.3) is 5.91 Å². The summed E-state index contributed by atoms with van der Waals surface area (Å²) >= 11 is 1.52. The number of nitrogens with one attached hydrogen (secondary N) is 1. The minimum Gasteiger partial charge on any atom is -0.478 e. The molecule has 0 saturated carbocycles. The minimum absolute atomic E-state index is 0.0366. The topological polar surface area (TPSA) is 92.4 Å². The maximum atomic E-state index is 12.1. The molecule has 0 aromatic carbocycles. The summed E-state index contributed by atoms with van der Waals surface area (Å²) in [5.74, 6) is -1.65. The fourth-order valence-corrected chi connectivity index (χ4v) is 2.68. The van der Waals surface area contributed by atoms with Crippen LogP contribution < -0.4 is 5.32 Å². The molecule has 7 heteroatoms. The first kappa shape index (κ1) is 15.2. The van der Waals surface area contributed by atoms with Gasteiger partial charge in [-0.05, 0) is 27.7 Å². The number of aromatic carboxylic acids is 1. The quantitative estimate of drug-likeness (QED) is 0.906. The molecule has 2 heterocycles. The molecule has 2 aromatic rings. The molecule has 2 aromatic heterocycles. The largest absolute Gasteiger partial charge is 0.478 e. The summed E-state index contributed by atoms with van der Waals surface area (Å²) in [6.07, 6.45) is 1.04. The molecule has 2 N–H and O–H groups in total. The van der Waals surface area contributed by atoms with E-state index in [4.69, 9.17) is 9.52 Å². The second kappa shape index (κ2) is 5.33. The number of carbonyl (C=O) groups excluding carboxylic acids is 1. The normalized spacial score (nSPS) is 11.4. The van der Waals surface area contributed by atoms with Crippen LogP contribution in [0.2, 0.25) is 0 Å². The Labute approximate surface area is 125 Å². The van der Waals surface area contributed by atoms with Gasteiger partial charge >= 0.3 is 5.97 Å². The van der Waals surface area contributed by atoms with Crippen molar-refractivity contribution in [1.29, 1.82) is 0 Å². The van der Waals surface area contributed by atoms with Crippen molar-refractivity contribution in [3.8, 4) is 0 Å². The Kier molecular flexibility index (Phi) is 3.87. The van der Waals surface area contributed by atoms with Gasteiger partial charge in [0.1, 0.15) is 11.3 Å². The zero-order valence-electron chi connectivity index (χ0n) is 12.2. The monoisotopic (exact) mass is 308 g/mol. The van der Waals surface area contributed by atoms with E-state index in [-0.39, 0.29) is 11.3 Å². The van der Waals surface area contributed by atoms with E-state index < -0.39 is 17.4 Å². The molecule has 112 valence electrons. The van der Waals surface area contributed by atoms with Crippen molar-refractivity contribution in [2.24, 2.45) is 0 Å². The number of hydrogen-bond acceptors (Lipinski definition) is 5. The highest BCUT2D eigenvalue weighted by Gasteiger charge is 2.28. The molecule has 0 bridgehead atoms. The smallest absolute Gasteiger partial charge is 0.338 e. The highest BCUT2D eigenvalue weighted by molar-refractivity contribution is 7.11. The first-order chi connectivity index (χ1) is 9.70. The molecule has 0 atom stereocenters. The average molecular weight is 308 g/mol. The number of aromatic nitrogens is 1. The number of carbonyl (C=O) groups is 2. The number of aryl methyl sites for hydroxylation is 2. The van der Waals surface area contributed by atoms with Gasteiger partial charge in [-0.3, -0.25) is 4.79 Å². The van der Waals surface area contributed by atoms with Gasteiger partial charge in [0.15, 0.2) is 5.76 Å². The zero-order chi connectivity index (χ0) is 15.8. The van der Waals surface area contributed by atoms with E-state index in [1.54, 1.807) is 0 Å². The van der Waals surface area contributed by atoms with Crippen LogP contribution in [0.3, 0.4) is 0 Å². The van der Waals surface area contributed by atoms with E-state index in [1.807, 2.05) is 27.7 Å². The molecule has 0 aliphatic heterocycles. The summed E-state index contributed by atoms with van der Waals surface area (Å²) in [6.45, 7) is 7.56. The summed E-state index contributed by atoms with van der Waals surface area (Å²) in [4.78, 5) is 28.5. The van der Waals surface area contributed by atoms with Crippen molar-refractivity contribution in [3.63, 3.8) is 0 Å². The highest BCUT2D eigenvalue weighted by atomic mass is 32.1. The van der Waals surface area contributed by atoms with Crippen LogP contribution in [0.5, 0.6) is 0 Å². The van der Waals surface area contributed by atoms with Crippen LogP contribution >= 0.6 is 11.3 Å². The van der Waals surface area contributed by atoms with Crippen molar-refractivity contribution >= 4 is 23.2 Å². The van der Waals surface area contributed by atoms with Gasteiger partial charge in [0, 0.05) is 10.9 Å². The van der Waals surface area contributed by atoms with Gasteiger partial charge in [-0.2, -0.15) is 0 Å². The van der Waals surface area contributed by atoms with Crippen LogP contribution in [-0.4, -0.2) is 22.0 Å². The van der Waals surface area contributed by atoms with Gasteiger partial charge in [-0.15, -0.1) is 11.3 Å². The minimum atomic E-state index is -1.14. The maximum Gasteiger partial charge on any atom is 0.338 e. The van der Waals surface area contributed by atoms with E-state index in [0.717, 1.165) is 21.8 Å². The van der Waals surface area contributed by atoms with Crippen LogP contribution in [0.25, 0.3) is 0 Å². The van der Waals surface area contributed by atoms with Gasteiger partial charge in [-0.1, -0.05) is 0 Å². The molecule has 0 radical (unpaired) electrons. The standard InChI is InChI=1S/C14H16N2O4S/c1-7-8(2)21-13(15-7)14(3,4)16-11(17)10-5-9(6-20-10)12(18)19/h5-6H,1-4H3,(H,16,17)(H,18,19). The van der Waals surface area contributed by atoms with Crippen molar-refractivity contribution in [1.82, 2.24) is 10.3 Å². The van der Waals surface area contributed by atoms with Gasteiger partial charge in [-0.25, -0.2) is 9.78 Å². The molecule has 0 unspecified atom stereocenters. The predicted molar refractivity (Wildman–Crippen MR) is 77.7 cm³/mol. The Balaban J connectivity index is 2.18. The predicted octanol–water partition coefficient (Wildman–Crippen LogP) is 2.72. The van der Waals surface area contributed by atoms with Gasteiger partial charge < -0.3 is 14.8 Å². The molecular weight excluding hydrogens is 292 g/mol.